The molecular formula is C14H19NO4S. The second-order valence-electron chi connectivity index (χ2n) is 4.49. The van der Waals surface area contributed by atoms with Gasteiger partial charge >= 0.3 is 5.97 Å². The molecule has 0 spiro atoms. The quantitative estimate of drug-likeness (QED) is 0.781. The predicted octanol–water partition coefficient (Wildman–Crippen LogP) is 1.96. The van der Waals surface area contributed by atoms with Crippen molar-refractivity contribution in [3.63, 3.8) is 0 Å². The summed E-state index contributed by atoms with van der Waals surface area (Å²) in [6.07, 6.45) is 3.14. The van der Waals surface area contributed by atoms with Crippen LogP contribution in [0.4, 0.5) is 0 Å². The zero-order valence-electron chi connectivity index (χ0n) is 11.6. The van der Waals surface area contributed by atoms with Crippen molar-refractivity contribution in [2.24, 2.45) is 0 Å². The van der Waals surface area contributed by atoms with Gasteiger partial charge in [0.25, 0.3) is 0 Å². The van der Waals surface area contributed by atoms with E-state index in [1.165, 1.54) is 10.4 Å². The van der Waals surface area contributed by atoms with Gasteiger partial charge in [-0.05, 0) is 23.6 Å². The smallest absolute Gasteiger partial charge is 0.328 e. The monoisotopic (exact) mass is 297 g/mol. The molecule has 1 aromatic carbocycles. The molecule has 1 aromatic rings. The molecule has 0 aliphatic rings. The van der Waals surface area contributed by atoms with E-state index in [1.807, 2.05) is 6.92 Å². The van der Waals surface area contributed by atoms with Crippen LogP contribution in [0.2, 0.25) is 0 Å². The number of benzene rings is 1. The van der Waals surface area contributed by atoms with Gasteiger partial charge in [-0.1, -0.05) is 31.2 Å². The van der Waals surface area contributed by atoms with Crippen LogP contribution in [0, 0.1) is 0 Å². The van der Waals surface area contributed by atoms with E-state index in [2.05, 4.69) is 0 Å². The van der Waals surface area contributed by atoms with Gasteiger partial charge < -0.3 is 5.11 Å². The van der Waals surface area contributed by atoms with E-state index in [0.717, 1.165) is 17.2 Å². The zero-order valence-corrected chi connectivity index (χ0v) is 12.4. The summed E-state index contributed by atoms with van der Waals surface area (Å²) in [5, 5.41) is 8.53. The van der Waals surface area contributed by atoms with Gasteiger partial charge in [0.05, 0.1) is 5.75 Å². The SMILES string of the molecule is CCCS(=O)(=O)N(C)Cc1ccc(C=CC(=O)O)cc1. The fourth-order valence-corrected chi connectivity index (χ4v) is 2.84. The molecule has 0 atom stereocenters. The lowest BCUT2D eigenvalue weighted by Gasteiger charge is -2.16. The first-order chi connectivity index (χ1) is 9.35. The van der Waals surface area contributed by atoms with Crippen LogP contribution in [0.15, 0.2) is 30.3 Å². The van der Waals surface area contributed by atoms with Gasteiger partial charge in [-0.3, -0.25) is 0 Å². The molecule has 0 saturated heterocycles. The van der Waals surface area contributed by atoms with Gasteiger partial charge in [0.15, 0.2) is 0 Å². The van der Waals surface area contributed by atoms with E-state index >= 15 is 0 Å². The molecule has 0 fully saturated rings. The fraction of sp³-hybridized carbons (Fsp3) is 0.357. The first-order valence-electron chi connectivity index (χ1n) is 6.29. The third kappa shape index (κ3) is 5.14. The lowest BCUT2D eigenvalue weighted by Crippen LogP contribution is -2.28. The van der Waals surface area contributed by atoms with Gasteiger partial charge in [0.1, 0.15) is 0 Å². The van der Waals surface area contributed by atoms with Crippen LogP contribution in [0.5, 0.6) is 0 Å². The standard InChI is InChI=1S/C14H19NO4S/c1-3-10-20(18,19)15(2)11-13-6-4-12(5-7-13)8-9-14(16)17/h4-9H,3,10-11H2,1-2H3,(H,16,17). The van der Waals surface area contributed by atoms with Crippen LogP contribution in [0.25, 0.3) is 6.08 Å². The highest BCUT2D eigenvalue weighted by Crippen LogP contribution is 2.11. The van der Waals surface area contributed by atoms with E-state index in [9.17, 15) is 13.2 Å². The first kappa shape index (κ1) is 16.4. The maximum atomic E-state index is 11.8. The molecule has 1 N–H and O–H groups in total. The molecule has 0 unspecified atom stereocenters. The Kier molecular flexibility index (Phi) is 5.91. The summed E-state index contributed by atoms with van der Waals surface area (Å²) in [6, 6.07) is 7.10. The second-order valence-corrected chi connectivity index (χ2v) is 6.68. The maximum absolute atomic E-state index is 11.8. The second kappa shape index (κ2) is 7.21. The van der Waals surface area contributed by atoms with Crippen molar-refractivity contribution in [2.45, 2.75) is 19.9 Å². The Labute approximate surface area is 119 Å². The van der Waals surface area contributed by atoms with Crippen molar-refractivity contribution in [3.05, 3.63) is 41.5 Å². The summed E-state index contributed by atoms with van der Waals surface area (Å²) in [6.45, 7) is 2.14. The summed E-state index contributed by atoms with van der Waals surface area (Å²) in [5.41, 5.74) is 1.62. The summed E-state index contributed by atoms with van der Waals surface area (Å²) in [7, 11) is -1.64. The van der Waals surface area contributed by atoms with Crippen LogP contribution >= 0.6 is 0 Å². The highest BCUT2D eigenvalue weighted by atomic mass is 32.2. The molecule has 110 valence electrons. The number of carbonyl (C=O) groups is 1. The Morgan fingerprint density at radius 2 is 1.90 bits per heavy atom. The molecule has 0 aliphatic heterocycles. The van der Waals surface area contributed by atoms with Crippen molar-refractivity contribution in [2.75, 3.05) is 12.8 Å². The molecular weight excluding hydrogens is 278 g/mol. The lowest BCUT2D eigenvalue weighted by atomic mass is 10.1. The average molecular weight is 297 g/mol. The minimum absolute atomic E-state index is 0.142. The van der Waals surface area contributed by atoms with Gasteiger partial charge in [-0.25, -0.2) is 17.5 Å². The third-order valence-electron chi connectivity index (χ3n) is 2.74. The summed E-state index contributed by atoms with van der Waals surface area (Å²) in [4.78, 5) is 10.4. The first-order valence-corrected chi connectivity index (χ1v) is 7.90. The molecule has 0 amide bonds. The zero-order chi connectivity index (χ0) is 15.2. The minimum atomic E-state index is -3.20. The number of hydrogen-bond donors (Lipinski definition) is 1. The normalized spacial score (nSPS) is 12.2. The molecule has 5 nitrogen and oxygen atoms in total. The van der Waals surface area contributed by atoms with E-state index in [0.29, 0.717) is 13.0 Å². The topological polar surface area (TPSA) is 74.7 Å². The Bertz CT molecular complexity index is 576. The van der Waals surface area contributed by atoms with Crippen LogP contribution in [-0.4, -0.2) is 36.6 Å². The Morgan fingerprint density at radius 1 is 1.30 bits per heavy atom. The van der Waals surface area contributed by atoms with E-state index in [4.69, 9.17) is 5.11 Å². The third-order valence-corrected chi connectivity index (χ3v) is 4.74. The minimum Gasteiger partial charge on any atom is -0.478 e. The van der Waals surface area contributed by atoms with Gasteiger partial charge in [0.2, 0.25) is 10.0 Å². The van der Waals surface area contributed by atoms with E-state index in [1.54, 1.807) is 31.3 Å². The number of hydrogen-bond acceptors (Lipinski definition) is 3. The predicted molar refractivity (Wildman–Crippen MR) is 78.7 cm³/mol. The van der Waals surface area contributed by atoms with Crippen LogP contribution in [0.1, 0.15) is 24.5 Å². The summed E-state index contributed by atoms with van der Waals surface area (Å²) < 4.78 is 25.0. The Morgan fingerprint density at radius 3 is 2.40 bits per heavy atom. The van der Waals surface area contributed by atoms with Crippen molar-refractivity contribution in [1.29, 1.82) is 0 Å². The van der Waals surface area contributed by atoms with Gasteiger partial charge in [-0.15, -0.1) is 0 Å². The molecule has 0 bridgehead atoms. The van der Waals surface area contributed by atoms with Crippen LogP contribution in [-0.2, 0) is 21.4 Å². The number of carboxylic acid groups (broad SMARTS) is 1. The highest BCUT2D eigenvalue weighted by Gasteiger charge is 2.16. The van der Waals surface area contributed by atoms with Crippen LogP contribution < -0.4 is 0 Å². The van der Waals surface area contributed by atoms with Crippen molar-refractivity contribution >= 4 is 22.1 Å². The molecule has 0 aliphatic carbocycles. The number of aliphatic carboxylic acids is 1. The highest BCUT2D eigenvalue weighted by molar-refractivity contribution is 7.89. The summed E-state index contributed by atoms with van der Waals surface area (Å²) >= 11 is 0. The molecule has 0 heterocycles. The van der Waals surface area contributed by atoms with E-state index in [-0.39, 0.29) is 5.75 Å². The van der Waals surface area contributed by atoms with Crippen LogP contribution in [0.3, 0.4) is 0 Å². The summed E-state index contributed by atoms with van der Waals surface area (Å²) in [5.74, 6) is -0.859. The van der Waals surface area contributed by atoms with Gasteiger partial charge in [0, 0.05) is 19.7 Å². The van der Waals surface area contributed by atoms with Crippen molar-refractivity contribution in [3.8, 4) is 0 Å². The molecule has 6 heteroatoms. The Balaban J connectivity index is 2.73. The largest absolute Gasteiger partial charge is 0.478 e. The number of carboxylic acids is 1. The number of sulfonamides is 1. The van der Waals surface area contributed by atoms with Crippen molar-refractivity contribution < 1.29 is 18.3 Å². The maximum Gasteiger partial charge on any atom is 0.328 e. The van der Waals surface area contributed by atoms with Gasteiger partial charge in [-0.2, -0.15) is 0 Å². The van der Waals surface area contributed by atoms with Crippen molar-refractivity contribution in [1.82, 2.24) is 4.31 Å². The molecule has 20 heavy (non-hydrogen) atoms. The molecule has 1 rings (SSSR count). The fourth-order valence-electron chi connectivity index (χ4n) is 1.67. The Hall–Kier alpha value is -1.66. The average Bonchev–Trinajstić information content (AvgIpc) is 2.37. The van der Waals surface area contributed by atoms with E-state index < -0.39 is 16.0 Å². The molecule has 0 saturated carbocycles. The molecule has 0 aromatic heterocycles. The number of rotatable bonds is 7. The number of nitrogens with zero attached hydrogens (tertiary/aromatic N) is 1. The lowest BCUT2D eigenvalue weighted by molar-refractivity contribution is -0.131. The molecule has 0 radical (unpaired) electrons.